The van der Waals surface area contributed by atoms with Crippen LogP contribution in [0, 0.1) is 6.92 Å². The summed E-state index contributed by atoms with van der Waals surface area (Å²) < 4.78 is 38.9. The number of benzene rings is 1. The average Bonchev–Trinajstić information content (AvgIpc) is 3.41. The van der Waals surface area contributed by atoms with Crippen LogP contribution in [-0.4, -0.2) is 35.9 Å². The monoisotopic (exact) mass is 490 g/mol. The molecule has 1 aromatic carbocycles. The molecule has 3 heterocycles. The zero-order valence-corrected chi connectivity index (χ0v) is 19.6. The number of fused-ring (bicyclic) bond motifs is 1. The molecule has 0 aliphatic carbocycles. The molecule has 2 N–H and O–H groups in total. The second-order valence-corrected chi connectivity index (χ2v) is 9.47. The Hall–Kier alpha value is -3.14. The van der Waals surface area contributed by atoms with E-state index in [-0.39, 0.29) is 22.0 Å². The van der Waals surface area contributed by atoms with Crippen LogP contribution in [-0.2, 0) is 11.0 Å². The van der Waals surface area contributed by atoms with E-state index in [1.54, 1.807) is 13.8 Å². The van der Waals surface area contributed by atoms with Gasteiger partial charge in [-0.3, -0.25) is 9.59 Å². The van der Waals surface area contributed by atoms with Crippen molar-refractivity contribution in [2.45, 2.75) is 45.3 Å². The third-order valence-corrected chi connectivity index (χ3v) is 6.97. The number of aryl methyl sites for hydroxylation is 1. The van der Waals surface area contributed by atoms with Crippen molar-refractivity contribution in [2.24, 2.45) is 0 Å². The topological polar surface area (TPSA) is 74.3 Å². The molecular weight excluding hydrogens is 465 g/mol. The zero-order valence-electron chi connectivity index (χ0n) is 18.8. The van der Waals surface area contributed by atoms with Crippen LogP contribution in [0.2, 0.25) is 0 Å². The predicted molar refractivity (Wildman–Crippen MR) is 127 cm³/mol. The number of anilines is 2. The van der Waals surface area contributed by atoms with Crippen molar-refractivity contribution in [1.82, 2.24) is 10.3 Å². The minimum absolute atomic E-state index is 0.0557. The highest BCUT2D eigenvalue weighted by Crippen LogP contribution is 2.34. The maximum absolute atomic E-state index is 13.0. The van der Waals surface area contributed by atoms with E-state index in [0.717, 1.165) is 49.0 Å². The van der Waals surface area contributed by atoms with Crippen LogP contribution in [0.1, 0.15) is 47.1 Å². The number of carbonyl (C=O) groups excluding carboxylic acids is 2. The summed E-state index contributed by atoms with van der Waals surface area (Å²) in [5, 5.41) is 6.15. The summed E-state index contributed by atoms with van der Waals surface area (Å²) in [5.74, 6) is -0.679. The molecule has 10 heteroatoms. The van der Waals surface area contributed by atoms with Gasteiger partial charge in [0, 0.05) is 42.3 Å². The molecule has 2 amide bonds. The van der Waals surface area contributed by atoms with Gasteiger partial charge in [-0.15, -0.1) is 11.3 Å². The second kappa shape index (κ2) is 9.61. The third kappa shape index (κ3) is 5.32. The van der Waals surface area contributed by atoms with Gasteiger partial charge in [0.1, 0.15) is 10.5 Å². The summed E-state index contributed by atoms with van der Waals surface area (Å²) in [5.41, 5.74) is 1.33. The van der Waals surface area contributed by atoms with Gasteiger partial charge in [0.05, 0.1) is 4.88 Å². The zero-order chi connectivity index (χ0) is 24.5. The van der Waals surface area contributed by atoms with Crippen molar-refractivity contribution in [1.29, 1.82) is 0 Å². The van der Waals surface area contributed by atoms with Crippen molar-refractivity contribution in [3.05, 3.63) is 52.5 Å². The molecule has 0 bridgehead atoms. The second-order valence-electron chi connectivity index (χ2n) is 8.47. The maximum Gasteiger partial charge on any atom is 0.433 e. The number of nitrogens with zero attached hydrogens (tertiary/aromatic N) is 2. The molecule has 180 valence electrons. The molecule has 0 spiro atoms. The molecule has 1 aliphatic rings. The summed E-state index contributed by atoms with van der Waals surface area (Å²) in [6.07, 6.45) is -2.18. The fourth-order valence-corrected chi connectivity index (χ4v) is 5.14. The Morgan fingerprint density at radius 1 is 1.18 bits per heavy atom. The lowest BCUT2D eigenvalue weighted by Gasteiger charge is -2.19. The molecule has 0 saturated carbocycles. The van der Waals surface area contributed by atoms with E-state index in [0.29, 0.717) is 16.6 Å². The number of alkyl halides is 3. The lowest BCUT2D eigenvalue weighted by molar-refractivity contribution is -0.140. The number of aromatic nitrogens is 1. The first-order chi connectivity index (χ1) is 16.1. The normalized spacial score (nSPS) is 14.9. The summed E-state index contributed by atoms with van der Waals surface area (Å²) >= 11 is 0.911. The van der Waals surface area contributed by atoms with Gasteiger partial charge in [-0.2, -0.15) is 13.2 Å². The van der Waals surface area contributed by atoms with Crippen LogP contribution < -0.4 is 15.5 Å². The Labute approximate surface area is 199 Å². The third-order valence-electron chi connectivity index (χ3n) is 5.77. The van der Waals surface area contributed by atoms with Crippen molar-refractivity contribution in [3.8, 4) is 0 Å². The SMILES string of the molecule is Cc1c(C(=O)NC(C)CC(=O)Nc2cccc(N3CCCC3)c2)sc2nc(C(F)(F)F)ccc12. The van der Waals surface area contributed by atoms with Crippen molar-refractivity contribution < 1.29 is 22.8 Å². The van der Waals surface area contributed by atoms with Crippen LogP contribution in [0.4, 0.5) is 24.5 Å². The Balaban J connectivity index is 1.38. The van der Waals surface area contributed by atoms with Gasteiger partial charge in [-0.05, 0) is 62.6 Å². The first-order valence-corrected chi connectivity index (χ1v) is 11.9. The Bertz CT molecular complexity index is 1220. The largest absolute Gasteiger partial charge is 0.433 e. The standard InChI is InChI=1S/C24H25F3N4O2S/c1-14(12-20(32)29-16-6-5-7-17(13-16)31-10-3-4-11-31)28-22(33)21-15(2)18-8-9-19(24(25,26)27)30-23(18)34-21/h5-9,13-14H,3-4,10-12H2,1-2H3,(H,28,33)(H,29,32). The number of hydrogen-bond acceptors (Lipinski definition) is 5. The van der Waals surface area contributed by atoms with E-state index in [2.05, 4.69) is 20.5 Å². The molecule has 1 saturated heterocycles. The number of nitrogens with one attached hydrogen (secondary N) is 2. The minimum Gasteiger partial charge on any atom is -0.371 e. The quantitative estimate of drug-likeness (QED) is 0.487. The smallest absolute Gasteiger partial charge is 0.371 e. The molecule has 0 radical (unpaired) electrons. The predicted octanol–water partition coefficient (Wildman–Crippen LogP) is 5.37. The van der Waals surface area contributed by atoms with Gasteiger partial charge in [-0.25, -0.2) is 4.98 Å². The molecule has 34 heavy (non-hydrogen) atoms. The van der Waals surface area contributed by atoms with Crippen molar-refractivity contribution >= 4 is 44.7 Å². The summed E-state index contributed by atoms with van der Waals surface area (Å²) in [4.78, 5) is 31.7. The fraction of sp³-hybridized carbons (Fsp3) is 0.375. The first kappa shape index (κ1) is 24.0. The summed E-state index contributed by atoms with van der Waals surface area (Å²) in [7, 11) is 0. The van der Waals surface area contributed by atoms with Gasteiger partial charge in [0.2, 0.25) is 5.91 Å². The van der Waals surface area contributed by atoms with E-state index in [4.69, 9.17) is 0 Å². The molecular formula is C24H25F3N4O2S. The Kier molecular flexibility index (Phi) is 6.79. The number of carbonyl (C=O) groups is 2. The highest BCUT2D eigenvalue weighted by molar-refractivity contribution is 7.20. The lowest BCUT2D eigenvalue weighted by Crippen LogP contribution is -2.35. The van der Waals surface area contributed by atoms with Crippen molar-refractivity contribution in [3.63, 3.8) is 0 Å². The number of thiophene rings is 1. The molecule has 4 rings (SSSR count). The fourth-order valence-electron chi connectivity index (χ4n) is 4.06. The van der Waals surface area contributed by atoms with Crippen LogP contribution in [0.15, 0.2) is 36.4 Å². The summed E-state index contributed by atoms with van der Waals surface area (Å²) in [6, 6.07) is 9.45. The molecule has 2 aromatic heterocycles. The highest BCUT2D eigenvalue weighted by atomic mass is 32.1. The summed E-state index contributed by atoms with van der Waals surface area (Å²) in [6.45, 7) is 5.39. The molecule has 1 aliphatic heterocycles. The number of hydrogen-bond donors (Lipinski definition) is 2. The maximum atomic E-state index is 13.0. The number of rotatable bonds is 6. The van der Waals surface area contributed by atoms with Gasteiger partial charge < -0.3 is 15.5 Å². The van der Waals surface area contributed by atoms with Gasteiger partial charge in [-0.1, -0.05) is 6.07 Å². The van der Waals surface area contributed by atoms with Crippen LogP contribution in [0.5, 0.6) is 0 Å². The number of amides is 2. The number of pyridine rings is 1. The van der Waals surface area contributed by atoms with E-state index in [9.17, 15) is 22.8 Å². The van der Waals surface area contributed by atoms with Crippen LogP contribution in [0.25, 0.3) is 10.2 Å². The Morgan fingerprint density at radius 2 is 1.91 bits per heavy atom. The van der Waals surface area contributed by atoms with E-state index >= 15 is 0 Å². The number of halogens is 3. The average molecular weight is 491 g/mol. The van der Waals surface area contributed by atoms with Gasteiger partial charge in [0.15, 0.2) is 0 Å². The van der Waals surface area contributed by atoms with Crippen molar-refractivity contribution in [2.75, 3.05) is 23.3 Å². The van der Waals surface area contributed by atoms with Crippen LogP contribution in [0.3, 0.4) is 0 Å². The first-order valence-electron chi connectivity index (χ1n) is 11.0. The molecule has 1 fully saturated rings. The van der Waals surface area contributed by atoms with E-state index in [1.165, 1.54) is 6.07 Å². The van der Waals surface area contributed by atoms with Crippen LogP contribution >= 0.6 is 11.3 Å². The highest BCUT2D eigenvalue weighted by Gasteiger charge is 2.33. The molecule has 6 nitrogen and oxygen atoms in total. The lowest BCUT2D eigenvalue weighted by atomic mass is 10.1. The minimum atomic E-state index is -4.55. The molecule has 1 unspecified atom stereocenters. The van der Waals surface area contributed by atoms with Gasteiger partial charge in [0.25, 0.3) is 5.91 Å². The Morgan fingerprint density at radius 3 is 2.62 bits per heavy atom. The molecule has 1 atom stereocenters. The van der Waals surface area contributed by atoms with E-state index < -0.39 is 23.8 Å². The van der Waals surface area contributed by atoms with E-state index in [1.807, 2.05) is 24.3 Å². The van der Waals surface area contributed by atoms with Gasteiger partial charge >= 0.3 is 6.18 Å². The molecule has 3 aromatic rings.